The number of hydrogen-bond acceptors (Lipinski definition) is 2. The summed E-state index contributed by atoms with van der Waals surface area (Å²) in [7, 11) is 0. The fourth-order valence-electron chi connectivity index (χ4n) is 3.37. The molecule has 0 aliphatic rings. The van der Waals surface area contributed by atoms with E-state index in [9.17, 15) is 0 Å². The van der Waals surface area contributed by atoms with Crippen molar-refractivity contribution in [3.8, 4) is 28.5 Å². The van der Waals surface area contributed by atoms with E-state index in [1.807, 2.05) is 29.1 Å². The Bertz CT molecular complexity index is 993. The van der Waals surface area contributed by atoms with Crippen LogP contribution in [0.2, 0.25) is 0 Å². The zero-order valence-corrected chi connectivity index (χ0v) is 17.0. The second kappa shape index (κ2) is 7.31. The maximum atomic E-state index is 5.94. The van der Waals surface area contributed by atoms with Crippen molar-refractivity contribution in [2.45, 2.75) is 13.3 Å². The maximum absolute atomic E-state index is 5.94. The van der Waals surface area contributed by atoms with Crippen LogP contribution in [0.25, 0.3) is 22.8 Å². The fourth-order valence-corrected chi connectivity index (χ4v) is 3.88. The molecule has 0 bridgehead atoms. The average Bonchev–Trinajstić information content (AvgIpc) is 3.34. The summed E-state index contributed by atoms with van der Waals surface area (Å²) in [5.74, 6) is 1.82. The summed E-state index contributed by atoms with van der Waals surface area (Å²) in [5, 5.41) is 4.49. The zero-order chi connectivity index (χ0) is 17.9. The first kappa shape index (κ1) is 16.8. The minimum absolute atomic E-state index is 0.873. The van der Waals surface area contributed by atoms with Crippen LogP contribution < -0.4 is 3.53 Å². The van der Waals surface area contributed by atoms with Gasteiger partial charge in [-0.1, -0.05) is 0 Å². The molecular formula is C21H18GaN3O. The summed E-state index contributed by atoms with van der Waals surface area (Å²) in [6, 6.07) is 22.8. The van der Waals surface area contributed by atoms with E-state index in [2.05, 4.69) is 65.1 Å². The van der Waals surface area contributed by atoms with E-state index in [0.717, 1.165) is 34.9 Å². The van der Waals surface area contributed by atoms with Crippen LogP contribution in [-0.2, 0) is 6.42 Å². The summed E-state index contributed by atoms with van der Waals surface area (Å²) in [6.07, 6.45) is 4.62. The van der Waals surface area contributed by atoms with Gasteiger partial charge in [-0.05, 0) is 0 Å². The number of benzene rings is 2. The molecule has 0 amide bonds. The van der Waals surface area contributed by atoms with Crippen LogP contribution in [0.5, 0.6) is 5.75 Å². The molecular weight excluding hydrogens is 380 g/mol. The van der Waals surface area contributed by atoms with Crippen LogP contribution in [0.4, 0.5) is 0 Å². The number of nitrogens with zero attached hydrogens (tertiary/aromatic N) is 3. The van der Waals surface area contributed by atoms with Crippen LogP contribution in [0.15, 0.2) is 79.1 Å². The van der Waals surface area contributed by atoms with Gasteiger partial charge in [-0.15, -0.1) is 0 Å². The molecule has 0 N–H and O–H groups in total. The van der Waals surface area contributed by atoms with Gasteiger partial charge in [0.25, 0.3) is 0 Å². The summed E-state index contributed by atoms with van der Waals surface area (Å²) in [5.41, 5.74) is 4.59. The van der Waals surface area contributed by atoms with E-state index in [4.69, 9.17) is 3.53 Å². The molecule has 126 valence electrons. The quantitative estimate of drug-likeness (QED) is 0.468. The van der Waals surface area contributed by atoms with Crippen molar-refractivity contribution in [2.75, 3.05) is 0 Å². The first-order valence-electron chi connectivity index (χ1n) is 8.60. The van der Waals surface area contributed by atoms with Gasteiger partial charge in [0, 0.05) is 0 Å². The Kier molecular flexibility index (Phi) is 4.73. The van der Waals surface area contributed by atoms with Crippen LogP contribution in [0.3, 0.4) is 0 Å². The molecule has 0 fully saturated rings. The monoisotopic (exact) mass is 397 g/mol. The summed E-state index contributed by atoms with van der Waals surface area (Å²) in [4.78, 5) is 0. The van der Waals surface area contributed by atoms with Gasteiger partial charge in [0.15, 0.2) is 0 Å². The van der Waals surface area contributed by atoms with Gasteiger partial charge >= 0.3 is 163 Å². The van der Waals surface area contributed by atoms with E-state index < -0.39 is 0 Å². The molecule has 4 aromatic rings. The van der Waals surface area contributed by atoms with Gasteiger partial charge in [-0.25, -0.2) is 0 Å². The molecule has 4 rings (SSSR count). The van der Waals surface area contributed by atoms with Gasteiger partial charge in [0.1, 0.15) is 0 Å². The number of hydrogen-bond donors (Lipinski definition) is 0. The Labute approximate surface area is 163 Å². The molecule has 2 radical (unpaired) electrons. The standard InChI is InChI=1S/C21H19N3O.Ga/c1-2-18-19(16-10-5-3-6-11-16)24(17-12-7-4-8-13-17)21(20(18)25)23-15-9-14-22-23;/h3-15,25H,2H2,1H3;/q;+1/p-1. The van der Waals surface area contributed by atoms with Crippen LogP contribution >= 0.6 is 0 Å². The third kappa shape index (κ3) is 2.79. The molecule has 26 heavy (non-hydrogen) atoms. The molecule has 0 saturated heterocycles. The molecule has 4 nitrogen and oxygen atoms in total. The SMILES string of the molecule is CCc1c([O][Ga])c(-n2cccn2)n(-c2ccccc2)c1-c1ccccc1. The molecule has 0 atom stereocenters. The second-order valence-electron chi connectivity index (χ2n) is 5.94. The fraction of sp³-hybridized carbons (Fsp3) is 0.0952. The average molecular weight is 398 g/mol. The van der Waals surface area contributed by atoms with E-state index in [1.54, 1.807) is 6.20 Å². The molecule has 0 unspecified atom stereocenters. The van der Waals surface area contributed by atoms with Crippen molar-refractivity contribution in [3.63, 3.8) is 0 Å². The normalized spacial score (nSPS) is 10.8. The first-order valence-corrected chi connectivity index (χ1v) is 9.59. The van der Waals surface area contributed by atoms with Crippen molar-refractivity contribution in [1.29, 1.82) is 0 Å². The van der Waals surface area contributed by atoms with Crippen LogP contribution in [-0.4, -0.2) is 33.3 Å². The molecule has 0 saturated carbocycles. The Morgan fingerprint density at radius 3 is 2.23 bits per heavy atom. The van der Waals surface area contributed by atoms with Crippen molar-refractivity contribution in [2.24, 2.45) is 0 Å². The predicted octanol–water partition coefficient (Wildman–Crippen LogP) is 4.35. The number of para-hydroxylation sites is 1. The molecule has 0 spiro atoms. The third-order valence-electron chi connectivity index (χ3n) is 4.45. The van der Waals surface area contributed by atoms with Crippen molar-refractivity contribution in [1.82, 2.24) is 14.3 Å². The first-order chi connectivity index (χ1) is 12.8. The van der Waals surface area contributed by atoms with Gasteiger partial charge in [0.2, 0.25) is 0 Å². The molecule has 0 aliphatic carbocycles. The Hall–Kier alpha value is -2.63. The Balaban J connectivity index is 2.14. The second-order valence-corrected chi connectivity index (χ2v) is 6.43. The zero-order valence-electron chi connectivity index (χ0n) is 14.5. The topological polar surface area (TPSA) is 32.0 Å². The van der Waals surface area contributed by atoms with Gasteiger partial charge in [-0.2, -0.15) is 0 Å². The van der Waals surface area contributed by atoms with E-state index >= 15 is 0 Å². The number of rotatable bonds is 5. The summed E-state index contributed by atoms with van der Waals surface area (Å²) in [6.45, 7) is 2.17. The van der Waals surface area contributed by atoms with Gasteiger partial charge in [-0.3, -0.25) is 0 Å². The molecule has 5 heteroatoms. The van der Waals surface area contributed by atoms with Crippen molar-refractivity contribution >= 4 is 19.0 Å². The van der Waals surface area contributed by atoms with E-state index in [-0.39, 0.29) is 0 Å². The molecule has 2 heterocycles. The van der Waals surface area contributed by atoms with Crippen molar-refractivity contribution in [3.05, 3.63) is 84.7 Å². The minimum atomic E-state index is 0.873. The Morgan fingerprint density at radius 2 is 1.65 bits per heavy atom. The predicted molar refractivity (Wildman–Crippen MR) is 104 cm³/mol. The van der Waals surface area contributed by atoms with Crippen LogP contribution in [0.1, 0.15) is 12.5 Å². The summed E-state index contributed by atoms with van der Waals surface area (Å²) < 4.78 is 10.1. The van der Waals surface area contributed by atoms with E-state index in [0.29, 0.717) is 0 Å². The molecule has 2 aromatic carbocycles. The van der Waals surface area contributed by atoms with Gasteiger partial charge < -0.3 is 0 Å². The molecule has 0 aliphatic heterocycles. The van der Waals surface area contributed by atoms with Crippen LogP contribution in [0, 0.1) is 0 Å². The Morgan fingerprint density at radius 1 is 0.962 bits per heavy atom. The third-order valence-corrected chi connectivity index (χ3v) is 4.95. The van der Waals surface area contributed by atoms with Crippen molar-refractivity contribution < 1.29 is 3.53 Å². The molecule has 2 aromatic heterocycles. The summed E-state index contributed by atoms with van der Waals surface area (Å²) >= 11 is 1.23. The van der Waals surface area contributed by atoms with Gasteiger partial charge in [0.05, 0.1) is 0 Å². The number of aromatic nitrogens is 3. The van der Waals surface area contributed by atoms with E-state index in [1.165, 1.54) is 24.5 Å².